The number of likely N-dealkylation sites (tertiary alicyclic amines) is 1. The van der Waals surface area contributed by atoms with Gasteiger partial charge in [-0.25, -0.2) is 9.59 Å². The maximum Gasteiger partial charge on any atom is 0.326 e. The average molecular weight is 283 g/mol. The number of aliphatic carboxylic acids is 1. The third-order valence-corrected chi connectivity index (χ3v) is 3.70. The Balaban J connectivity index is 2.18. The first-order valence-electron chi connectivity index (χ1n) is 6.55. The number of imide groups is 1. The third-order valence-electron chi connectivity index (χ3n) is 3.70. The van der Waals surface area contributed by atoms with Gasteiger partial charge in [0, 0.05) is 6.54 Å². The maximum absolute atomic E-state index is 12.4. The van der Waals surface area contributed by atoms with Crippen LogP contribution in [0.1, 0.15) is 26.2 Å². The van der Waals surface area contributed by atoms with E-state index in [0.29, 0.717) is 13.0 Å². The highest BCUT2D eigenvalue weighted by Gasteiger charge is 2.40. The Morgan fingerprint density at radius 3 is 2.60 bits per heavy atom. The molecule has 0 saturated carbocycles. The zero-order chi connectivity index (χ0) is 14.9. The molecule has 2 heterocycles. The standard InChI is InChI=1S/C12H17N3O5/c1-7-10(17)13-9(16)6-15(7)12(20)14-5-3-2-4-8(14)11(18)19/h7-8H,2-6H2,1H3,(H,18,19)(H,13,16,17). The molecule has 20 heavy (non-hydrogen) atoms. The van der Waals surface area contributed by atoms with E-state index in [1.54, 1.807) is 0 Å². The molecule has 2 atom stereocenters. The summed E-state index contributed by atoms with van der Waals surface area (Å²) in [4.78, 5) is 48.9. The van der Waals surface area contributed by atoms with Crippen LogP contribution >= 0.6 is 0 Å². The van der Waals surface area contributed by atoms with Gasteiger partial charge in [-0.1, -0.05) is 0 Å². The minimum atomic E-state index is -1.06. The lowest BCUT2D eigenvalue weighted by Gasteiger charge is -2.39. The maximum atomic E-state index is 12.4. The van der Waals surface area contributed by atoms with E-state index in [2.05, 4.69) is 5.32 Å². The number of piperazine rings is 1. The minimum Gasteiger partial charge on any atom is -0.480 e. The van der Waals surface area contributed by atoms with Crippen molar-refractivity contribution in [2.24, 2.45) is 0 Å². The second kappa shape index (κ2) is 5.48. The fourth-order valence-electron chi connectivity index (χ4n) is 2.53. The molecule has 0 bridgehead atoms. The number of nitrogens with one attached hydrogen (secondary N) is 1. The van der Waals surface area contributed by atoms with Gasteiger partial charge in [-0.2, -0.15) is 0 Å². The molecule has 0 aromatic rings. The highest BCUT2D eigenvalue weighted by Crippen LogP contribution is 2.20. The predicted octanol–water partition coefficient (Wildman–Crippen LogP) is -0.608. The largest absolute Gasteiger partial charge is 0.480 e. The molecule has 2 unspecified atom stereocenters. The van der Waals surface area contributed by atoms with E-state index in [0.717, 1.165) is 17.7 Å². The molecule has 8 heteroatoms. The Morgan fingerprint density at radius 2 is 1.95 bits per heavy atom. The second-order valence-electron chi connectivity index (χ2n) is 5.04. The van der Waals surface area contributed by atoms with Gasteiger partial charge in [0.1, 0.15) is 18.6 Å². The van der Waals surface area contributed by atoms with Gasteiger partial charge >= 0.3 is 12.0 Å². The van der Waals surface area contributed by atoms with Crippen LogP contribution in [-0.4, -0.2) is 63.9 Å². The summed E-state index contributed by atoms with van der Waals surface area (Å²) in [5, 5.41) is 11.3. The number of carboxylic acids is 1. The van der Waals surface area contributed by atoms with Crippen molar-refractivity contribution in [3.8, 4) is 0 Å². The molecule has 0 aromatic heterocycles. The topological polar surface area (TPSA) is 107 Å². The normalized spacial score (nSPS) is 27.2. The molecule has 0 spiro atoms. The molecule has 0 aromatic carbocycles. The molecule has 0 radical (unpaired) electrons. The first-order chi connectivity index (χ1) is 9.41. The Kier molecular flexibility index (Phi) is 3.91. The van der Waals surface area contributed by atoms with Crippen molar-refractivity contribution >= 4 is 23.8 Å². The average Bonchev–Trinajstić information content (AvgIpc) is 2.42. The molecular formula is C12H17N3O5. The molecule has 2 rings (SSSR count). The van der Waals surface area contributed by atoms with Gasteiger partial charge in [0.25, 0.3) is 0 Å². The summed E-state index contributed by atoms with van der Waals surface area (Å²) >= 11 is 0. The highest BCUT2D eigenvalue weighted by atomic mass is 16.4. The number of piperidine rings is 1. The minimum absolute atomic E-state index is 0.228. The zero-order valence-corrected chi connectivity index (χ0v) is 11.2. The first-order valence-corrected chi connectivity index (χ1v) is 6.55. The molecule has 2 fully saturated rings. The Labute approximate surface area is 115 Å². The van der Waals surface area contributed by atoms with Crippen molar-refractivity contribution in [3.05, 3.63) is 0 Å². The van der Waals surface area contributed by atoms with Crippen molar-refractivity contribution in [2.75, 3.05) is 13.1 Å². The van der Waals surface area contributed by atoms with Crippen LogP contribution in [-0.2, 0) is 14.4 Å². The van der Waals surface area contributed by atoms with E-state index in [1.165, 1.54) is 11.8 Å². The van der Waals surface area contributed by atoms with Crippen molar-refractivity contribution < 1.29 is 24.3 Å². The lowest BCUT2D eigenvalue weighted by atomic mass is 10.0. The first kappa shape index (κ1) is 14.3. The lowest BCUT2D eigenvalue weighted by Crippen LogP contribution is -2.63. The van der Waals surface area contributed by atoms with Gasteiger partial charge in [-0.15, -0.1) is 0 Å². The highest BCUT2D eigenvalue weighted by molar-refractivity contribution is 6.04. The Hall–Kier alpha value is -2.12. The summed E-state index contributed by atoms with van der Waals surface area (Å²) in [7, 11) is 0. The SMILES string of the molecule is CC1C(=O)NC(=O)CN1C(=O)N1CCCCC1C(=O)O. The summed E-state index contributed by atoms with van der Waals surface area (Å²) in [5.41, 5.74) is 0. The number of hydrogen-bond donors (Lipinski definition) is 2. The van der Waals surface area contributed by atoms with Gasteiger partial charge in [0.2, 0.25) is 11.8 Å². The van der Waals surface area contributed by atoms with Gasteiger partial charge in [-0.05, 0) is 26.2 Å². The molecule has 2 aliphatic rings. The zero-order valence-electron chi connectivity index (χ0n) is 11.2. The molecule has 110 valence electrons. The summed E-state index contributed by atoms with van der Waals surface area (Å²) in [6.07, 6.45) is 1.86. The third kappa shape index (κ3) is 2.59. The van der Waals surface area contributed by atoms with Crippen LogP contribution in [0.5, 0.6) is 0 Å². The number of urea groups is 1. The van der Waals surface area contributed by atoms with Gasteiger partial charge in [-0.3, -0.25) is 14.9 Å². The summed E-state index contributed by atoms with van der Waals surface area (Å²) in [5.74, 6) is -2.15. The Bertz CT molecular complexity index is 464. The number of nitrogens with zero attached hydrogens (tertiary/aromatic N) is 2. The predicted molar refractivity (Wildman–Crippen MR) is 66.7 cm³/mol. The van der Waals surface area contributed by atoms with Gasteiger partial charge in [0.15, 0.2) is 0 Å². The fraction of sp³-hybridized carbons (Fsp3) is 0.667. The van der Waals surface area contributed by atoms with E-state index in [-0.39, 0.29) is 6.54 Å². The van der Waals surface area contributed by atoms with Crippen LogP contribution in [0.4, 0.5) is 4.79 Å². The number of rotatable bonds is 1. The monoisotopic (exact) mass is 283 g/mol. The van der Waals surface area contributed by atoms with Crippen molar-refractivity contribution in [1.82, 2.24) is 15.1 Å². The second-order valence-corrected chi connectivity index (χ2v) is 5.04. The number of amides is 4. The van der Waals surface area contributed by atoms with Crippen molar-refractivity contribution in [1.29, 1.82) is 0 Å². The van der Waals surface area contributed by atoms with Crippen molar-refractivity contribution in [3.63, 3.8) is 0 Å². The number of carbonyl (C=O) groups excluding carboxylic acids is 3. The van der Waals surface area contributed by atoms with Crippen LogP contribution in [0.3, 0.4) is 0 Å². The van der Waals surface area contributed by atoms with E-state index >= 15 is 0 Å². The fourth-order valence-corrected chi connectivity index (χ4v) is 2.53. The molecule has 2 aliphatic heterocycles. The van der Waals surface area contributed by atoms with E-state index in [1.807, 2.05) is 0 Å². The quantitative estimate of drug-likeness (QED) is 0.624. The number of hydrogen-bond acceptors (Lipinski definition) is 4. The smallest absolute Gasteiger partial charge is 0.326 e. The number of carboxylic acid groups (broad SMARTS) is 1. The van der Waals surface area contributed by atoms with Gasteiger partial charge in [0.05, 0.1) is 0 Å². The Morgan fingerprint density at radius 1 is 1.25 bits per heavy atom. The molecule has 0 aliphatic carbocycles. The van der Waals surface area contributed by atoms with E-state index < -0.39 is 35.9 Å². The van der Waals surface area contributed by atoms with Crippen molar-refractivity contribution in [2.45, 2.75) is 38.3 Å². The molecule has 8 nitrogen and oxygen atoms in total. The van der Waals surface area contributed by atoms with Crippen LogP contribution in [0, 0.1) is 0 Å². The van der Waals surface area contributed by atoms with E-state index in [9.17, 15) is 19.2 Å². The summed E-state index contributed by atoms with van der Waals surface area (Å²) < 4.78 is 0. The molecule has 2 N–H and O–H groups in total. The van der Waals surface area contributed by atoms with Crippen LogP contribution in [0.2, 0.25) is 0 Å². The molecular weight excluding hydrogens is 266 g/mol. The summed E-state index contributed by atoms with van der Waals surface area (Å²) in [6.45, 7) is 1.61. The number of carbonyl (C=O) groups is 4. The van der Waals surface area contributed by atoms with Gasteiger partial charge < -0.3 is 14.9 Å². The van der Waals surface area contributed by atoms with Crippen LogP contribution in [0.25, 0.3) is 0 Å². The van der Waals surface area contributed by atoms with Crippen LogP contribution < -0.4 is 5.32 Å². The summed E-state index contributed by atoms with van der Waals surface area (Å²) in [6, 6.07) is -2.23. The molecule has 2 saturated heterocycles. The lowest BCUT2D eigenvalue weighted by molar-refractivity contribution is -0.143. The molecule has 4 amide bonds. The van der Waals surface area contributed by atoms with E-state index in [4.69, 9.17) is 5.11 Å². The van der Waals surface area contributed by atoms with Crippen LogP contribution in [0.15, 0.2) is 0 Å².